The van der Waals surface area contributed by atoms with Gasteiger partial charge in [0, 0.05) is 40.6 Å². The van der Waals surface area contributed by atoms with Crippen molar-refractivity contribution in [1.29, 1.82) is 0 Å². The summed E-state index contributed by atoms with van der Waals surface area (Å²) < 4.78 is 31.7. The molecule has 0 radical (unpaired) electrons. The number of carboxylic acids is 1. The zero-order valence-corrected chi connectivity index (χ0v) is 20.4. The lowest BCUT2D eigenvalue weighted by atomic mass is 9.97. The van der Waals surface area contributed by atoms with Crippen LogP contribution in [0.3, 0.4) is 0 Å². The number of aromatic nitrogens is 3. The second-order valence-corrected chi connectivity index (χ2v) is 8.85. The fraction of sp³-hybridized carbons (Fsp3) is 0.231. The third kappa shape index (κ3) is 5.11. The van der Waals surface area contributed by atoms with Crippen LogP contribution in [0.2, 0.25) is 5.02 Å². The van der Waals surface area contributed by atoms with Gasteiger partial charge in [-0.05, 0) is 74.7 Å². The van der Waals surface area contributed by atoms with Crippen LogP contribution in [0.15, 0.2) is 48.7 Å². The van der Waals surface area contributed by atoms with Crippen LogP contribution in [0.4, 0.5) is 24.7 Å². The lowest BCUT2D eigenvalue weighted by Crippen LogP contribution is -2.21. The quantitative estimate of drug-likeness (QED) is 0.325. The van der Waals surface area contributed by atoms with Gasteiger partial charge in [0.2, 0.25) is 0 Å². The molecule has 6 nitrogen and oxygen atoms in total. The SMILES string of the molecule is Cc1ccc(N2CCc3c(-c4cc5cccnc5nc4C)cc(C)nc32)c(Cl)c1.O=C(O)C(F)(F)F. The molecule has 0 atom stereocenters. The molecule has 0 saturated heterocycles. The maximum absolute atomic E-state index is 10.6. The number of fused-ring (bicyclic) bond motifs is 2. The molecular formula is C26H22ClF3N4O2. The van der Waals surface area contributed by atoms with Crippen molar-refractivity contribution >= 4 is 40.1 Å². The average Bonchev–Trinajstić information content (AvgIpc) is 3.21. The molecular weight excluding hydrogens is 493 g/mol. The molecule has 0 amide bonds. The van der Waals surface area contributed by atoms with Crippen LogP contribution in [-0.4, -0.2) is 38.7 Å². The third-order valence-corrected chi connectivity index (χ3v) is 6.08. The van der Waals surface area contributed by atoms with Gasteiger partial charge in [-0.2, -0.15) is 13.2 Å². The van der Waals surface area contributed by atoms with Crippen molar-refractivity contribution in [2.45, 2.75) is 33.4 Å². The number of carboxylic acid groups (broad SMARTS) is 1. The molecule has 4 heterocycles. The van der Waals surface area contributed by atoms with Gasteiger partial charge in [-0.3, -0.25) is 0 Å². The second-order valence-electron chi connectivity index (χ2n) is 8.44. The van der Waals surface area contributed by atoms with Crippen LogP contribution in [0, 0.1) is 20.8 Å². The van der Waals surface area contributed by atoms with E-state index in [2.05, 4.69) is 54.1 Å². The van der Waals surface area contributed by atoms with Crippen molar-refractivity contribution in [1.82, 2.24) is 15.0 Å². The first-order valence-electron chi connectivity index (χ1n) is 11.0. The Morgan fingerprint density at radius 1 is 1.06 bits per heavy atom. The number of alkyl halides is 3. The summed E-state index contributed by atoms with van der Waals surface area (Å²) in [5.74, 6) is -1.76. The third-order valence-electron chi connectivity index (χ3n) is 5.78. The van der Waals surface area contributed by atoms with Crippen LogP contribution in [0.5, 0.6) is 0 Å². The van der Waals surface area contributed by atoms with E-state index in [9.17, 15) is 13.2 Å². The molecule has 1 aliphatic rings. The molecule has 1 aromatic carbocycles. The lowest BCUT2D eigenvalue weighted by Gasteiger charge is -2.21. The molecule has 3 aromatic heterocycles. The van der Waals surface area contributed by atoms with Crippen LogP contribution in [0.1, 0.15) is 22.5 Å². The van der Waals surface area contributed by atoms with E-state index < -0.39 is 12.1 Å². The molecule has 0 unspecified atom stereocenters. The molecule has 5 rings (SSSR count). The molecule has 0 bridgehead atoms. The number of anilines is 2. The van der Waals surface area contributed by atoms with Crippen molar-refractivity contribution in [3.8, 4) is 11.1 Å². The van der Waals surface area contributed by atoms with Crippen molar-refractivity contribution in [3.05, 3.63) is 76.2 Å². The maximum Gasteiger partial charge on any atom is 0.490 e. The maximum atomic E-state index is 10.6. The van der Waals surface area contributed by atoms with Crippen molar-refractivity contribution < 1.29 is 23.1 Å². The normalized spacial score (nSPS) is 12.8. The molecule has 36 heavy (non-hydrogen) atoms. The Kier molecular flexibility index (Phi) is 6.86. The first kappa shape index (κ1) is 25.4. The zero-order valence-electron chi connectivity index (χ0n) is 19.7. The fourth-order valence-electron chi connectivity index (χ4n) is 4.16. The zero-order chi connectivity index (χ0) is 26.2. The molecule has 10 heteroatoms. The van der Waals surface area contributed by atoms with E-state index in [1.165, 1.54) is 11.1 Å². The Morgan fingerprint density at radius 3 is 2.44 bits per heavy atom. The summed E-state index contributed by atoms with van der Waals surface area (Å²) in [6, 6.07) is 14.6. The fourth-order valence-corrected chi connectivity index (χ4v) is 4.49. The van der Waals surface area contributed by atoms with Gasteiger partial charge in [0.25, 0.3) is 0 Å². The first-order chi connectivity index (χ1) is 17.0. The number of hydrogen-bond acceptors (Lipinski definition) is 5. The Bertz CT molecular complexity index is 1470. The van der Waals surface area contributed by atoms with Crippen molar-refractivity contribution in [3.63, 3.8) is 0 Å². The van der Waals surface area contributed by atoms with Gasteiger partial charge in [-0.1, -0.05) is 17.7 Å². The number of nitrogens with zero attached hydrogens (tertiary/aromatic N) is 4. The standard InChI is InChI=1S/C24H21ClN4.C2HF3O2/c1-14-6-7-22(21(25)11-14)29-10-8-18-20(12-15(2)27-24(18)29)19-13-17-5-4-9-26-23(17)28-16(19)3;3-2(4,5)1(6)7/h4-7,9,11-13H,8,10H2,1-3H3;(H,6,7). The number of aliphatic carboxylic acids is 1. The predicted molar refractivity (Wildman–Crippen MR) is 133 cm³/mol. The van der Waals surface area contributed by atoms with E-state index in [0.29, 0.717) is 0 Å². The summed E-state index contributed by atoms with van der Waals surface area (Å²) in [6.45, 7) is 7.01. The van der Waals surface area contributed by atoms with E-state index in [1.807, 2.05) is 19.1 Å². The van der Waals surface area contributed by atoms with Crippen molar-refractivity contribution in [2.24, 2.45) is 0 Å². The molecule has 0 fully saturated rings. The predicted octanol–water partition coefficient (Wildman–Crippen LogP) is 6.60. The summed E-state index contributed by atoms with van der Waals surface area (Å²) in [7, 11) is 0. The Balaban J connectivity index is 0.000000384. The van der Waals surface area contributed by atoms with Crippen LogP contribution in [-0.2, 0) is 11.2 Å². The largest absolute Gasteiger partial charge is 0.490 e. The highest BCUT2D eigenvalue weighted by Gasteiger charge is 2.38. The van der Waals surface area contributed by atoms with Gasteiger partial charge in [0.05, 0.1) is 10.7 Å². The number of halogens is 4. The molecule has 1 aliphatic heterocycles. The lowest BCUT2D eigenvalue weighted by molar-refractivity contribution is -0.192. The van der Waals surface area contributed by atoms with Crippen LogP contribution >= 0.6 is 11.6 Å². The highest BCUT2D eigenvalue weighted by atomic mass is 35.5. The highest BCUT2D eigenvalue weighted by Crippen LogP contribution is 2.42. The minimum atomic E-state index is -5.08. The van der Waals surface area contributed by atoms with Crippen LogP contribution < -0.4 is 4.90 Å². The van der Waals surface area contributed by atoms with E-state index in [4.69, 9.17) is 31.5 Å². The number of benzene rings is 1. The number of rotatable bonds is 2. The summed E-state index contributed by atoms with van der Waals surface area (Å²) in [5, 5.41) is 8.94. The minimum Gasteiger partial charge on any atom is -0.475 e. The topological polar surface area (TPSA) is 79.2 Å². The summed E-state index contributed by atoms with van der Waals surface area (Å²) >= 11 is 6.58. The Labute approximate surface area is 210 Å². The summed E-state index contributed by atoms with van der Waals surface area (Å²) in [4.78, 5) is 25.1. The van der Waals surface area contributed by atoms with E-state index >= 15 is 0 Å². The average molecular weight is 515 g/mol. The molecule has 0 spiro atoms. The number of pyridine rings is 3. The summed E-state index contributed by atoms with van der Waals surface area (Å²) in [6.07, 6.45) is -2.38. The molecule has 186 valence electrons. The number of carbonyl (C=O) groups is 1. The minimum absolute atomic E-state index is 0.761. The van der Waals surface area contributed by atoms with Gasteiger partial charge < -0.3 is 10.0 Å². The number of hydrogen-bond donors (Lipinski definition) is 1. The van der Waals surface area contributed by atoms with Crippen molar-refractivity contribution in [2.75, 3.05) is 11.4 Å². The van der Waals surface area contributed by atoms with Crippen LogP contribution in [0.25, 0.3) is 22.2 Å². The second kappa shape index (κ2) is 9.73. The molecule has 0 saturated carbocycles. The molecule has 4 aromatic rings. The molecule has 1 N–H and O–H groups in total. The monoisotopic (exact) mass is 514 g/mol. The first-order valence-corrected chi connectivity index (χ1v) is 11.4. The van der Waals surface area contributed by atoms with Gasteiger partial charge in [0.15, 0.2) is 5.65 Å². The van der Waals surface area contributed by atoms with Gasteiger partial charge in [-0.25, -0.2) is 19.7 Å². The highest BCUT2D eigenvalue weighted by molar-refractivity contribution is 6.33. The summed E-state index contributed by atoms with van der Waals surface area (Å²) in [5.41, 5.74) is 8.51. The molecule has 0 aliphatic carbocycles. The van der Waals surface area contributed by atoms with E-state index in [0.717, 1.165) is 63.0 Å². The van der Waals surface area contributed by atoms with E-state index in [-0.39, 0.29) is 0 Å². The van der Waals surface area contributed by atoms with Gasteiger partial charge in [0.1, 0.15) is 5.82 Å². The number of aryl methyl sites for hydroxylation is 3. The Morgan fingerprint density at radius 2 is 1.78 bits per heavy atom. The van der Waals surface area contributed by atoms with Gasteiger partial charge in [-0.15, -0.1) is 0 Å². The van der Waals surface area contributed by atoms with Gasteiger partial charge >= 0.3 is 12.1 Å². The smallest absolute Gasteiger partial charge is 0.475 e. The Hall–Kier alpha value is -3.72. The van der Waals surface area contributed by atoms with E-state index in [1.54, 1.807) is 6.20 Å².